The van der Waals surface area contributed by atoms with Crippen LogP contribution >= 0.6 is 11.8 Å². The van der Waals surface area contributed by atoms with E-state index in [0.717, 1.165) is 30.8 Å². The smallest absolute Gasteiger partial charge is 0.212 e. The highest BCUT2D eigenvalue weighted by molar-refractivity contribution is 8.00. The third-order valence-corrected chi connectivity index (χ3v) is 5.51. The van der Waals surface area contributed by atoms with Crippen molar-refractivity contribution in [1.82, 2.24) is 4.72 Å². The van der Waals surface area contributed by atoms with Gasteiger partial charge in [-0.05, 0) is 43.5 Å². The molecule has 0 amide bonds. The quantitative estimate of drug-likeness (QED) is 0.368. The van der Waals surface area contributed by atoms with Crippen molar-refractivity contribution in [1.29, 1.82) is 0 Å². The van der Waals surface area contributed by atoms with E-state index >= 15 is 0 Å². The number of thioether (sulfide) groups is 1. The van der Waals surface area contributed by atoms with Gasteiger partial charge in [0.05, 0.1) is 5.75 Å². The highest BCUT2D eigenvalue weighted by atomic mass is 32.2. The minimum Gasteiger partial charge on any atom is -0.399 e. The number of ether oxygens (including phenoxy) is 1. The zero-order chi connectivity index (χ0) is 15.6. The molecular formula is C14H24N2O3S2. The summed E-state index contributed by atoms with van der Waals surface area (Å²) in [6, 6.07) is 7.43. The highest BCUT2D eigenvalue weighted by Crippen LogP contribution is 2.19. The number of benzene rings is 1. The molecule has 1 rings (SSSR count). The molecule has 0 aliphatic rings. The second kappa shape index (κ2) is 10.0. The fraction of sp³-hybridized carbons (Fsp3) is 0.571. The van der Waals surface area contributed by atoms with Crippen LogP contribution < -0.4 is 10.5 Å². The van der Waals surface area contributed by atoms with Crippen molar-refractivity contribution in [3.8, 4) is 0 Å². The van der Waals surface area contributed by atoms with Crippen LogP contribution in [0.2, 0.25) is 0 Å². The first-order chi connectivity index (χ1) is 10.0. The van der Waals surface area contributed by atoms with E-state index in [-0.39, 0.29) is 5.75 Å². The Balaban J connectivity index is 2.16. The van der Waals surface area contributed by atoms with E-state index in [1.807, 2.05) is 24.3 Å². The van der Waals surface area contributed by atoms with E-state index in [1.54, 1.807) is 7.11 Å². The minimum absolute atomic E-state index is 0.125. The van der Waals surface area contributed by atoms with Gasteiger partial charge in [0.15, 0.2) is 0 Å². The summed E-state index contributed by atoms with van der Waals surface area (Å²) in [6.45, 7) is 1.23. The van der Waals surface area contributed by atoms with E-state index < -0.39 is 10.0 Å². The molecule has 7 heteroatoms. The van der Waals surface area contributed by atoms with E-state index in [4.69, 9.17) is 10.5 Å². The number of hydrogen-bond acceptors (Lipinski definition) is 5. The van der Waals surface area contributed by atoms with Crippen molar-refractivity contribution >= 4 is 27.5 Å². The molecule has 21 heavy (non-hydrogen) atoms. The van der Waals surface area contributed by atoms with Crippen LogP contribution in [0.1, 0.15) is 19.3 Å². The number of unbranched alkanes of at least 4 members (excludes halogenated alkanes) is 2. The molecule has 0 saturated carbocycles. The largest absolute Gasteiger partial charge is 0.399 e. The average Bonchev–Trinajstić information content (AvgIpc) is 2.45. The van der Waals surface area contributed by atoms with Crippen LogP contribution in [0.5, 0.6) is 0 Å². The molecule has 0 bridgehead atoms. The predicted octanol–water partition coefficient (Wildman–Crippen LogP) is 2.10. The summed E-state index contributed by atoms with van der Waals surface area (Å²) in [5.74, 6) is 0.656. The van der Waals surface area contributed by atoms with Crippen LogP contribution in [0, 0.1) is 0 Å². The Kier molecular flexibility index (Phi) is 8.75. The number of nitrogens with one attached hydrogen (secondary N) is 1. The standard InChI is InChI=1S/C14H24N2O3S2/c1-19-10-4-2-3-9-16-21(17,18)12-11-20-14-7-5-13(15)6-8-14/h5-8,16H,2-4,9-12,15H2,1H3. The van der Waals surface area contributed by atoms with Crippen LogP contribution in [-0.2, 0) is 14.8 Å². The molecule has 0 aliphatic carbocycles. The number of anilines is 1. The number of hydrogen-bond donors (Lipinski definition) is 2. The number of sulfonamides is 1. The fourth-order valence-corrected chi connectivity index (χ4v) is 4.06. The van der Waals surface area contributed by atoms with Gasteiger partial charge in [-0.25, -0.2) is 13.1 Å². The maximum Gasteiger partial charge on any atom is 0.212 e. The maximum absolute atomic E-state index is 11.8. The summed E-state index contributed by atoms with van der Waals surface area (Å²) in [5, 5.41) is 0. The third-order valence-electron chi connectivity index (χ3n) is 2.85. The van der Waals surface area contributed by atoms with Crippen molar-refractivity contribution in [3.05, 3.63) is 24.3 Å². The topological polar surface area (TPSA) is 81.4 Å². The van der Waals surface area contributed by atoms with Crippen LogP contribution in [0.3, 0.4) is 0 Å². The Morgan fingerprint density at radius 2 is 1.90 bits per heavy atom. The van der Waals surface area contributed by atoms with Crippen LogP contribution in [0.25, 0.3) is 0 Å². The number of methoxy groups -OCH3 is 1. The Hall–Kier alpha value is -0.760. The van der Waals surface area contributed by atoms with Crippen molar-refractivity contribution in [2.45, 2.75) is 24.2 Å². The SMILES string of the molecule is COCCCCCNS(=O)(=O)CCSc1ccc(N)cc1. The van der Waals surface area contributed by atoms with Gasteiger partial charge in [-0.3, -0.25) is 0 Å². The Bertz CT molecular complexity index is 489. The Morgan fingerprint density at radius 1 is 1.19 bits per heavy atom. The normalized spacial score (nSPS) is 11.7. The highest BCUT2D eigenvalue weighted by Gasteiger charge is 2.09. The second-order valence-corrected chi connectivity index (χ2v) is 7.78. The zero-order valence-electron chi connectivity index (χ0n) is 12.4. The lowest BCUT2D eigenvalue weighted by Crippen LogP contribution is -2.28. The Morgan fingerprint density at radius 3 is 2.57 bits per heavy atom. The van der Waals surface area contributed by atoms with Crippen molar-refractivity contribution < 1.29 is 13.2 Å². The number of nitrogen functional groups attached to an aromatic ring is 1. The molecule has 0 saturated heterocycles. The summed E-state index contributed by atoms with van der Waals surface area (Å²) in [4.78, 5) is 1.03. The summed E-state index contributed by atoms with van der Waals surface area (Å²) in [7, 11) is -1.51. The predicted molar refractivity (Wildman–Crippen MR) is 89.1 cm³/mol. The number of rotatable bonds is 11. The lowest BCUT2D eigenvalue weighted by Gasteiger charge is -2.07. The monoisotopic (exact) mass is 332 g/mol. The van der Waals surface area contributed by atoms with Gasteiger partial charge in [0.25, 0.3) is 0 Å². The van der Waals surface area contributed by atoms with Gasteiger partial charge in [-0.1, -0.05) is 0 Å². The van der Waals surface area contributed by atoms with Gasteiger partial charge in [0.2, 0.25) is 10.0 Å². The third kappa shape index (κ3) is 8.98. The lowest BCUT2D eigenvalue weighted by atomic mass is 10.2. The average molecular weight is 332 g/mol. The molecule has 0 aromatic heterocycles. The van der Waals surface area contributed by atoms with E-state index in [2.05, 4.69) is 4.72 Å². The van der Waals surface area contributed by atoms with Gasteiger partial charge >= 0.3 is 0 Å². The first-order valence-electron chi connectivity index (χ1n) is 6.98. The summed E-state index contributed by atoms with van der Waals surface area (Å²) < 4.78 is 31.2. The molecule has 0 unspecified atom stereocenters. The van der Waals surface area contributed by atoms with E-state index in [9.17, 15) is 8.42 Å². The van der Waals surface area contributed by atoms with Gasteiger partial charge in [-0.15, -0.1) is 11.8 Å². The minimum atomic E-state index is -3.18. The van der Waals surface area contributed by atoms with Crippen LogP contribution in [0.15, 0.2) is 29.2 Å². The van der Waals surface area contributed by atoms with Crippen LogP contribution in [-0.4, -0.2) is 40.2 Å². The number of nitrogens with two attached hydrogens (primary N) is 1. The fourth-order valence-electron chi connectivity index (χ4n) is 1.68. The first-order valence-corrected chi connectivity index (χ1v) is 9.62. The first kappa shape index (κ1) is 18.3. The molecule has 0 radical (unpaired) electrons. The summed E-state index contributed by atoms with van der Waals surface area (Å²) in [6.07, 6.45) is 2.77. The van der Waals surface area contributed by atoms with Crippen molar-refractivity contribution in [2.24, 2.45) is 0 Å². The van der Waals surface area contributed by atoms with Gasteiger partial charge in [0.1, 0.15) is 0 Å². The molecule has 1 aromatic carbocycles. The molecule has 5 nitrogen and oxygen atoms in total. The van der Waals surface area contributed by atoms with E-state index in [1.165, 1.54) is 11.8 Å². The summed E-state index contributed by atoms with van der Waals surface area (Å²) in [5.41, 5.74) is 6.31. The van der Waals surface area contributed by atoms with Crippen LogP contribution in [0.4, 0.5) is 5.69 Å². The lowest BCUT2D eigenvalue weighted by molar-refractivity contribution is 0.192. The second-order valence-electron chi connectivity index (χ2n) is 4.68. The molecule has 1 aromatic rings. The molecule has 0 atom stereocenters. The molecule has 0 fully saturated rings. The van der Waals surface area contributed by atoms with Gasteiger partial charge < -0.3 is 10.5 Å². The van der Waals surface area contributed by atoms with Gasteiger partial charge in [0, 0.05) is 36.6 Å². The Labute approximate surface area is 131 Å². The summed E-state index contributed by atoms with van der Waals surface area (Å²) >= 11 is 1.52. The van der Waals surface area contributed by atoms with Gasteiger partial charge in [-0.2, -0.15) is 0 Å². The molecular weight excluding hydrogens is 308 g/mol. The zero-order valence-corrected chi connectivity index (χ0v) is 14.0. The molecule has 0 heterocycles. The van der Waals surface area contributed by atoms with E-state index in [0.29, 0.717) is 18.0 Å². The molecule has 0 aliphatic heterocycles. The van der Waals surface area contributed by atoms with Crippen molar-refractivity contribution in [3.63, 3.8) is 0 Å². The maximum atomic E-state index is 11.8. The molecule has 3 N–H and O–H groups in total. The van der Waals surface area contributed by atoms with Crippen molar-refractivity contribution in [2.75, 3.05) is 37.5 Å². The molecule has 120 valence electrons. The molecule has 0 spiro atoms.